The standard InChI is InChI=1S/C14H9F2N/c1-9-2-3-10(8-17)12(6-9)13-7-11(15)4-5-14(13)16/h2-7H,1H3. The van der Waals surface area contributed by atoms with E-state index >= 15 is 0 Å². The third-order valence-corrected chi connectivity index (χ3v) is 2.51. The molecular formula is C14H9F2N. The molecule has 0 unspecified atom stereocenters. The number of benzene rings is 2. The Morgan fingerprint density at radius 3 is 2.47 bits per heavy atom. The predicted molar refractivity (Wildman–Crippen MR) is 61.2 cm³/mol. The van der Waals surface area contributed by atoms with E-state index in [4.69, 9.17) is 5.26 Å². The van der Waals surface area contributed by atoms with Gasteiger partial charge in [-0.15, -0.1) is 0 Å². The Hall–Kier alpha value is -2.21. The number of hydrogen-bond acceptors (Lipinski definition) is 1. The summed E-state index contributed by atoms with van der Waals surface area (Å²) in [6, 6.07) is 10.2. The van der Waals surface area contributed by atoms with E-state index in [0.29, 0.717) is 11.1 Å². The minimum absolute atomic E-state index is 0.116. The molecule has 0 fully saturated rings. The molecule has 0 radical (unpaired) electrons. The molecule has 0 spiro atoms. The number of aryl methyl sites for hydroxylation is 1. The molecule has 2 aromatic rings. The van der Waals surface area contributed by atoms with Crippen molar-refractivity contribution >= 4 is 0 Å². The van der Waals surface area contributed by atoms with Gasteiger partial charge in [0.2, 0.25) is 0 Å². The van der Waals surface area contributed by atoms with Crippen LogP contribution in [0.1, 0.15) is 11.1 Å². The van der Waals surface area contributed by atoms with Crippen molar-refractivity contribution < 1.29 is 8.78 Å². The van der Waals surface area contributed by atoms with E-state index in [1.54, 1.807) is 18.2 Å². The number of nitrogens with zero attached hydrogens (tertiary/aromatic N) is 1. The SMILES string of the molecule is Cc1ccc(C#N)c(-c2cc(F)ccc2F)c1. The molecule has 0 aromatic heterocycles. The molecule has 17 heavy (non-hydrogen) atoms. The number of hydrogen-bond donors (Lipinski definition) is 0. The van der Waals surface area contributed by atoms with Gasteiger partial charge in [0.25, 0.3) is 0 Å². The largest absolute Gasteiger partial charge is 0.207 e. The molecule has 0 bridgehead atoms. The molecule has 0 amide bonds. The Morgan fingerprint density at radius 1 is 1.00 bits per heavy atom. The third-order valence-electron chi connectivity index (χ3n) is 2.51. The zero-order chi connectivity index (χ0) is 12.4. The maximum absolute atomic E-state index is 13.6. The van der Waals surface area contributed by atoms with E-state index in [2.05, 4.69) is 0 Å². The maximum Gasteiger partial charge on any atom is 0.131 e. The van der Waals surface area contributed by atoms with Crippen molar-refractivity contribution in [2.45, 2.75) is 6.92 Å². The van der Waals surface area contributed by atoms with Crippen LogP contribution in [-0.4, -0.2) is 0 Å². The zero-order valence-electron chi connectivity index (χ0n) is 9.17. The van der Waals surface area contributed by atoms with Gasteiger partial charge < -0.3 is 0 Å². The highest BCUT2D eigenvalue weighted by molar-refractivity contribution is 5.71. The molecular weight excluding hydrogens is 220 g/mol. The number of halogens is 2. The zero-order valence-corrected chi connectivity index (χ0v) is 9.17. The fourth-order valence-corrected chi connectivity index (χ4v) is 1.68. The average Bonchev–Trinajstić information content (AvgIpc) is 2.32. The van der Waals surface area contributed by atoms with Crippen molar-refractivity contribution in [2.24, 2.45) is 0 Å². The molecule has 0 heterocycles. The Morgan fingerprint density at radius 2 is 1.76 bits per heavy atom. The maximum atomic E-state index is 13.6. The molecule has 2 rings (SSSR count). The molecule has 0 atom stereocenters. The normalized spacial score (nSPS) is 10.0. The van der Waals surface area contributed by atoms with Crippen LogP contribution in [0.4, 0.5) is 8.78 Å². The Balaban J connectivity index is 2.72. The number of rotatable bonds is 1. The Bertz CT molecular complexity index is 612. The van der Waals surface area contributed by atoms with Gasteiger partial charge in [-0.2, -0.15) is 5.26 Å². The van der Waals surface area contributed by atoms with E-state index in [0.717, 1.165) is 23.8 Å². The highest BCUT2D eigenvalue weighted by Crippen LogP contribution is 2.27. The summed E-state index contributed by atoms with van der Waals surface area (Å²) < 4.78 is 26.7. The molecule has 84 valence electrons. The summed E-state index contributed by atoms with van der Waals surface area (Å²) in [4.78, 5) is 0. The van der Waals surface area contributed by atoms with Gasteiger partial charge in [-0.05, 0) is 31.2 Å². The molecule has 0 aliphatic rings. The molecule has 2 aromatic carbocycles. The van der Waals surface area contributed by atoms with E-state index in [-0.39, 0.29) is 5.56 Å². The Labute approximate surface area is 97.9 Å². The van der Waals surface area contributed by atoms with Gasteiger partial charge in [0.1, 0.15) is 11.6 Å². The quantitative estimate of drug-likeness (QED) is 0.729. The van der Waals surface area contributed by atoms with Crippen molar-refractivity contribution in [1.82, 2.24) is 0 Å². The first-order chi connectivity index (χ1) is 8.11. The van der Waals surface area contributed by atoms with Crippen LogP contribution in [0.2, 0.25) is 0 Å². The predicted octanol–water partition coefficient (Wildman–Crippen LogP) is 3.81. The van der Waals surface area contributed by atoms with Crippen LogP contribution in [0.25, 0.3) is 11.1 Å². The van der Waals surface area contributed by atoms with Gasteiger partial charge in [-0.25, -0.2) is 8.78 Å². The van der Waals surface area contributed by atoms with Crippen LogP contribution in [0.5, 0.6) is 0 Å². The second-order valence-electron chi connectivity index (χ2n) is 3.79. The van der Waals surface area contributed by atoms with Crippen molar-refractivity contribution in [2.75, 3.05) is 0 Å². The second kappa shape index (κ2) is 4.34. The third kappa shape index (κ3) is 2.16. The highest BCUT2D eigenvalue weighted by Gasteiger charge is 2.11. The average molecular weight is 229 g/mol. The van der Waals surface area contributed by atoms with E-state index in [9.17, 15) is 8.78 Å². The highest BCUT2D eigenvalue weighted by atomic mass is 19.1. The fourth-order valence-electron chi connectivity index (χ4n) is 1.68. The van der Waals surface area contributed by atoms with Crippen molar-refractivity contribution in [3.8, 4) is 17.2 Å². The van der Waals surface area contributed by atoms with Crippen molar-refractivity contribution in [3.63, 3.8) is 0 Å². The molecule has 0 aliphatic heterocycles. The van der Waals surface area contributed by atoms with Gasteiger partial charge in [0.05, 0.1) is 11.6 Å². The summed E-state index contributed by atoms with van der Waals surface area (Å²) in [7, 11) is 0. The number of nitriles is 1. The lowest BCUT2D eigenvalue weighted by molar-refractivity contribution is 0.603. The monoisotopic (exact) mass is 229 g/mol. The lowest BCUT2D eigenvalue weighted by Gasteiger charge is -2.07. The topological polar surface area (TPSA) is 23.8 Å². The summed E-state index contributed by atoms with van der Waals surface area (Å²) in [6.07, 6.45) is 0. The van der Waals surface area contributed by atoms with E-state index in [1.165, 1.54) is 0 Å². The van der Waals surface area contributed by atoms with Crippen molar-refractivity contribution in [3.05, 3.63) is 59.2 Å². The molecule has 0 N–H and O–H groups in total. The lowest BCUT2D eigenvalue weighted by Crippen LogP contribution is -1.91. The second-order valence-corrected chi connectivity index (χ2v) is 3.79. The summed E-state index contributed by atoms with van der Waals surface area (Å²) in [5, 5.41) is 8.96. The van der Waals surface area contributed by atoms with Gasteiger partial charge in [-0.3, -0.25) is 0 Å². The summed E-state index contributed by atoms with van der Waals surface area (Å²) in [6.45, 7) is 1.84. The van der Waals surface area contributed by atoms with Crippen molar-refractivity contribution in [1.29, 1.82) is 5.26 Å². The smallest absolute Gasteiger partial charge is 0.131 e. The minimum Gasteiger partial charge on any atom is -0.207 e. The van der Waals surface area contributed by atoms with Crippen LogP contribution in [0, 0.1) is 29.9 Å². The first kappa shape index (κ1) is 11.3. The molecule has 3 heteroatoms. The van der Waals surface area contributed by atoms with E-state index < -0.39 is 11.6 Å². The molecule has 1 nitrogen and oxygen atoms in total. The van der Waals surface area contributed by atoms with Crippen LogP contribution in [0.15, 0.2) is 36.4 Å². The Kier molecular flexibility index (Phi) is 2.88. The molecule has 0 saturated heterocycles. The lowest BCUT2D eigenvalue weighted by atomic mass is 9.98. The summed E-state index contributed by atoms with van der Waals surface area (Å²) in [5.74, 6) is -1.06. The molecule has 0 saturated carbocycles. The van der Waals surface area contributed by atoms with E-state index in [1.807, 2.05) is 13.0 Å². The van der Waals surface area contributed by atoms with Crippen LogP contribution >= 0.6 is 0 Å². The minimum atomic E-state index is -0.534. The van der Waals surface area contributed by atoms with Crippen LogP contribution in [-0.2, 0) is 0 Å². The van der Waals surface area contributed by atoms with Gasteiger partial charge >= 0.3 is 0 Å². The first-order valence-electron chi connectivity index (χ1n) is 5.08. The summed E-state index contributed by atoms with van der Waals surface area (Å²) >= 11 is 0. The molecule has 0 aliphatic carbocycles. The van der Waals surface area contributed by atoms with Crippen LogP contribution < -0.4 is 0 Å². The summed E-state index contributed by atoms with van der Waals surface area (Å²) in [5.41, 5.74) is 1.76. The fraction of sp³-hybridized carbons (Fsp3) is 0.0714. The van der Waals surface area contributed by atoms with Gasteiger partial charge in [-0.1, -0.05) is 17.7 Å². The van der Waals surface area contributed by atoms with Gasteiger partial charge in [0.15, 0.2) is 0 Å². The van der Waals surface area contributed by atoms with Crippen LogP contribution in [0.3, 0.4) is 0 Å². The van der Waals surface area contributed by atoms with Gasteiger partial charge in [0, 0.05) is 11.1 Å². The first-order valence-corrected chi connectivity index (χ1v) is 5.08.